The fourth-order valence-corrected chi connectivity index (χ4v) is 3.88. The Morgan fingerprint density at radius 2 is 1.59 bits per heavy atom. The van der Waals surface area contributed by atoms with Gasteiger partial charge in [-0.05, 0) is 54.4 Å². The first kappa shape index (κ1) is 20.7. The summed E-state index contributed by atoms with van der Waals surface area (Å²) in [5, 5.41) is 10.7. The summed E-state index contributed by atoms with van der Waals surface area (Å²) in [6.07, 6.45) is 0. The monoisotopic (exact) mass is 464 g/mol. The molecule has 0 aliphatic rings. The highest BCUT2D eigenvalue weighted by Crippen LogP contribution is 2.41. The molecule has 0 spiro atoms. The molecule has 0 amide bonds. The highest BCUT2D eigenvalue weighted by Gasteiger charge is 2.30. The van der Waals surface area contributed by atoms with E-state index >= 15 is 0 Å². The normalized spacial score (nSPS) is 11.1. The van der Waals surface area contributed by atoms with Crippen molar-refractivity contribution in [3.05, 3.63) is 65.4 Å². The lowest BCUT2D eigenvalue weighted by Gasteiger charge is -2.19. The maximum absolute atomic E-state index is 12.6. The Bertz CT molecular complexity index is 1120. The van der Waals surface area contributed by atoms with Crippen molar-refractivity contribution in [3.8, 4) is 11.5 Å². The van der Waals surface area contributed by atoms with Gasteiger partial charge in [0, 0.05) is 24.2 Å². The molecule has 2 heterocycles. The number of carbonyl (C=O) groups is 1. The van der Waals surface area contributed by atoms with Crippen molar-refractivity contribution >= 4 is 21.9 Å². The van der Waals surface area contributed by atoms with E-state index in [4.69, 9.17) is 9.47 Å². The number of hydrogen-bond donors (Lipinski definition) is 4. The molecule has 0 unspecified atom stereocenters. The van der Waals surface area contributed by atoms with Crippen molar-refractivity contribution in [3.63, 3.8) is 0 Å². The van der Waals surface area contributed by atoms with E-state index in [2.05, 4.69) is 36.3 Å². The third kappa shape index (κ3) is 3.93. The van der Waals surface area contributed by atoms with E-state index in [9.17, 15) is 14.4 Å². The molecule has 0 bridgehead atoms. The van der Waals surface area contributed by atoms with Gasteiger partial charge in [0.25, 0.3) is 11.1 Å². The number of carbonyl (C=O) groups excluding carboxylic acids is 1. The quantitative estimate of drug-likeness (QED) is 0.328. The van der Waals surface area contributed by atoms with E-state index in [1.807, 2.05) is 0 Å². The summed E-state index contributed by atoms with van der Waals surface area (Å²) in [7, 11) is 0. The third-order valence-corrected chi connectivity index (χ3v) is 5.10. The molecule has 0 atom stereocenters. The van der Waals surface area contributed by atoms with Gasteiger partial charge in [0.05, 0.1) is 22.2 Å². The molecule has 0 saturated heterocycles. The van der Waals surface area contributed by atoms with Gasteiger partial charge in [0.1, 0.15) is 0 Å². The summed E-state index contributed by atoms with van der Waals surface area (Å²) in [4.78, 5) is 36.6. The second-order valence-electron chi connectivity index (χ2n) is 6.53. The SMILES string of the molecule is CCOc1cc(C(c2c(C)[nH][nH]c2=O)c2c(C)[nH][nH]c2=O)cc(Br)c1OC(C)=O. The van der Waals surface area contributed by atoms with E-state index in [-0.39, 0.29) is 16.9 Å². The highest BCUT2D eigenvalue weighted by molar-refractivity contribution is 9.10. The van der Waals surface area contributed by atoms with Gasteiger partial charge in [-0.2, -0.15) is 0 Å². The second-order valence-corrected chi connectivity index (χ2v) is 7.38. The van der Waals surface area contributed by atoms with Crippen molar-refractivity contribution in [1.29, 1.82) is 0 Å². The van der Waals surface area contributed by atoms with Crippen molar-refractivity contribution in [2.45, 2.75) is 33.6 Å². The summed E-state index contributed by atoms with van der Waals surface area (Å²) >= 11 is 3.42. The highest BCUT2D eigenvalue weighted by atomic mass is 79.9. The smallest absolute Gasteiger partial charge is 0.308 e. The zero-order valence-corrected chi connectivity index (χ0v) is 17.9. The number of nitrogens with one attached hydrogen (secondary N) is 4. The predicted molar refractivity (Wildman–Crippen MR) is 110 cm³/mol. The zero-order chi connectivity index (χ0) is 21.3. The minimum absolute atomic E-state index is 0.237. The first-order chi connectivity index (χ1) is 13.7. The van der Waals surface area contributed by atoms with Crippen LogP contribution in [-0.4, -0.2) is 33.0 Å². The summed E-state index contributed by atoms with van der Waals surface area (Å²) in [6, 6.07) is 3.39. The number of rotatable bonds is 6. The largest absolute Gasteiger partial charge is 0.490 e. The molecule has 0 saturated carbocycles. The molecule has 3 aromatic rings. The fourth-order valence-electron chi connectivity index (χ4n) is 3.34. The Morgan fingerprint density at radius 1 is 1.03 bits per heavy atom. The number of hydrogen-bond acceptors (Lipinski definition) is 5. The van der Waals surface area contributed by atoms with Crippen LogP contribution in [0, 0.1) is 13.8 Å². The maximum Gasteiger partial charge on any atom is 0.308 e. The molecule has 29 heavy (non-hydrogen) atoms. The number of aromatic nitrogens is 4. The van der Waals surface area contributed by atoms with E-state index < -0.39 is 11.9 Å². The maximum atomic E-state index is 12.6. The number of benzene rings is 1. The standard InChI is InChI=1S/C19H21BrN4O5/c1-5-28-13-7-11(6-12(20)17(13)29-10(4)25)16(14-8(2)21-23-18(14)26)15-9(3)22-24-19(15)27/h6-7,16H,5H2,1-4H3,(H2,21,23,26)(H2,22,24,27). The summed E-state index contributed by atoms with van der Waals surface area (Å²) in [5.41, 5.74) is 2.01. The van der Waals surface area contributed by atoms with Crippen LogP contribution in [0.5, 0.6) is 11.5 Å². The van der Waals surface area contributed by atoms with Gasteiger partial charge >= 0.3 is 5.97 Å². The Kier molecular flexibility index (Phi) is 5.83. The molecule has 0 radical (unpaired) electrons. The fraction of sp³-hybridized carbons (Fsp3) is 0.316. The van der Waals surface area contributed by atoms with Crippen molar-refractivity contribution < 1.29 is 14.3 Å². The van der Waals surface area contributed by atoms with Gasteiger partial charge in [-0.25, -0.2) is 0 Å². The van der Waals surface area contributed by atoms with Crippen LogP contribution in [0.4, 0.5) is 0 Å². The van der Waals surface area contributed by atoms with Crippen LogP contribution < -0.4 is 20.6 Å². The number of aryl methyl sites for hydroxylation is 2. The Morgan fingerprint density at radius 3 is 2.00 bits per heavy atom. The average Bonchev–Trinajstić information content (AvgIpc) is 3.15. The lowest BCUT2D eigenvalue weighted by atomic mass is 9.85. The van der Waals surface area contributed by atoms with Gasteiger partial charge < -0.3 is 19.7 Å². The molecule has 0 aliphatic heterocycles. The molecule has 0 aliphatic carbocycles. The van der Waals surface area contributed by atoms with Gasteiger partial charge in [-0.3, -0.25) is 24.6 Å². The van der Waals surface area contributed by atoms with Crippen LogP contribution in [0.3, 0.4) is 0 Å². The van der Waals surface area contributed by atoms with E-state index in [1.165, 1.54) is 6.92 Å². The number of halogens is 1. The minimum atomic E-state index is -0.679. The Balaban J connectivity index is 2.31. The number of H-pyrrole nitrogens is 4. The number of esters is 1. The van der Waals surface area contributed by atoms with E-state index in [0.29, 0.717) is 44.9 Å². The van der Waals surface area contributed by atoms with Crippen LogP contribution in [0.25, 0.3) is 0 Å². The van der Waals surface area contributed by atoms with Crippen LogP contribution >= 0.6 is 15.9 Å². The minimum Gasteiger partial charge on any atom is -0.490 e. The molecule has 3 rings (SSSR count). The molecule has 10 heteroatoms. The molecule has 1 aromatic carbocycles. The average molecular weight is 465 g/mol. The molecule has 2 aromatic heterocycles. The molecular formula is C19H21BrN4O5. The van der Waals surface area contributed by atoms with Crippen LogP contribution in [-0.2, 0) is 4.79 Å². The molecule has 9 nitrogen and oxygen atoms in total. The van der Waals surface area contributed by atoms with E-state index in [1.54, 1.807) is 32.9 Å². The molecular weight excluding hydrogens is 444 g/mol. The van der Waals surface area contributed by atoms with E-state index in [0.717, 1.165) is 0 Å². The Hall–Kier alpha value is -3.01. The van der Waals surface area contributed by atoms with Gasteiger partial charge in [0.2, 0.25) is 0 Å². The predicted octanol–water partition coefficient (Wildman–Crippen LogP) is 2.60. The molecule has 0 fully saturated rings. The van der Waals surface area contributed by atoms with Crippen LogP contribution in [0.15, 0.2) is 26.2 Å². The lowest BCUT2D eigenvalue weighted by molar-refractivity contribution is -0.132. The number of ether oxygens (including phenoxy) is 2. The Labute approximate surface area is 173 Å². The second kappa shape index (κ2) is 8.16. The molecule has 154 valence electrons. The first-order valence-electron chi connectivity index (χ1n) is 8.93. The van der Waals surface area contributed by atoms with Crippen LogP contribution in [0.1, 0.15) is 47.8 Å². The third-order valence-electron chi connectivity index (χ3n) is 4.51. The topological polar surface area (TPSA) is 133 Å². The summed E-state index contributed by atoms with van der Waals surface area (Å²) in [6.45, 7) is 6.94. The zero-order valence-electron chi connectivity index (χ0n) is 16.4. The lowest BCUT2D eigenvalue weighted by Crippen LogP contribution is -2.20. The van der Waals surface area contributed by atoms with Crippen LogP contribution in [0.2, 0.25) is 0 Å². The van der Waals surface area contributed by atoms with Gasteiger partial charge in [-0.15, -0.1) is 0 Å². The first-order valence-corrected chi connectivity index (χ1v) is 9.72. The summed E-state index contributed by atoms with van der Waals surface area (Å²) < 4.78 is 11.4. The van der Waals surface area contributed by atoms with Crippen molar-refractivity contribution in [2.75, 3.05) is 6.61 Å². The van der Waals surface area contributed by atoms with Crippen molar-refractivity contribution in [2.24, 2.45) is 0 Å². The van der Waals surface area contributed by atoms with Gasteiger partial charge in [-0.1, -0.05) is 0 Å². The number of aromatic amines is 4. The molecule has 4 N–H and O–H groups in total. The van der Waals surface area contributed by atoms with Gasteiger partial charge in [0.15, 0.2) is 11.5 Å². The summed E-state index contributed by atoms with van der Waals surface area (Å²) in [5.74, 6) is -0.610. The van der Waals surface area contributed by atoms with Crippen molar-refractivity contribution in [1.82, 2.24) is 20.4 Å².